The van der Waals surface area contributed by atoms with Crippen LogP contribution in [-0.4, -0.2) is 18.9 Å². The number of benzene rings is 1. The molecule has 0 unspecified atom stereocenters. The fourth-order valence-corrected chi connectivity index (χ4v) is 2.24. The van der Waals surface area contributed by atoms with E-state index in [2.05, 4.69) is 4.74 Å². The summed E-state index contributed by atoms with van der Waals surface area (Å²) in [5, 5.41) is 0. The van der Waals surface area contributed by atoms with E-state index in [9.17, 15) is 9.59 Å². The molecular formula is C16H12O4. The predicted octanol–water partition coefficient (Wildman–Crippen LogP) is 2.82. The minimum absolute atomic E-state index is 0.140. The molecule has 0 saturated carbocycles. The predicted molar refractivity (Wildman–Crippen MR) is 72.7 cm³/mol. The number of allylic oxidation sites excluding steroid dienone is 5. The molecule has 1 heterocycles. The second kappa shape index (κ2) is 4.81. The Hall–Kier alpha value is -2.62. The van der Waals surface area contributed by atoms with Crippen LogP contribution in [0.3, 0.4) is 0 Å². The molecule has 3 rings (SSSR count). The van der Waals surface area contributed by atoms with Gasteiger partial charge in [0, 0.05) is 11.1 Å². The first kappa shape index (κ1) is 12.4. The van der Waals surface area contributed by atoms with Crippen molar-refractivity contribution in [3.8, 4) is 5.75 Å². The number of Topliss-reactive ketones (excluding diaryl/α,β-unsaturated/α-hetero) is 1. The third-order valence-corrected chi connectivity index (χ3v) is 3.30. The lowest BCUT2D eigenvalue weighted by Crippen LogP contribution is -2.08. The number of rotatable bonds is 1. The number of hydrogen-bond acceptors (Lipinski definition) is 4. The highest BCUT2D eigenvalue weighted by Crippen LogP contribution is 2.32. The second-order valence-corrected chi connectivity index (χ2v) is 4.51. The van der Waals surface area contributed by atoms with E-state index in [0.717, 1.165) is 5.57 Å². The van der Waals surface area contributed by atoms with E-state index >= 15 is 0 Å². The largest absolute Gasteiger partial charge is 0.465 e. The second-order valence-electron chi connectivity index (χ2n) is 4.51. The summed E-state index contributed by atoms with van der Waals surface area (Å²) in [6.07, 6.45) is 7.83. The van der Waals surface area contributed by atoms with Gasteiger partial charge in [0.25, 0.3) is 0 Å². The molecule has 0 aromatic heterocycles. The first-order valence-corrected chi connectivity index (χ1v) is 6.20. The Labute approximate surface area is 116 Å². The Kier molecular flexibility index (Phi) is 2.99. The molecule has 0 N–H and O–H groups in total. The van der Waals surface area contributed by atoms with Crippen LogP contribution >= 0.6 is 0 Å². The van der Waals surface area contributed by atoms with Gasteiger partial charge in [-0.25, -0.2) is 4.79 Å². The van der Waals surface area contributed by atoms with Crippen LogP contribution < -0.4 is 4.74 Å². The molecule has 2 aliphatic rings. The van der Waals surface area contributed by atoms with Gasteiger partial charge < -0.3 is 9.47 Å². The fraction of sp³-hybridized carbons (Fsp3) is 0.125. The number of fused-ring (bicyclic) bond motifs is 2. The molecule has 1 aliphatic heterocycles. The average molecular weight is 268 g/mol. The van der Waals surface area contributed by atoms with Crippen molar-refractivity contribution in [1.29, 1.82) is 0 Å². The summed E-state index contributed by atoms with van der Waals surface area (Å²) in [5.41, 5.74) is 2.15. The highest BCUT2D eigenvalue weighted by molar-refractivity contribution is 6.14. The molecule has 0 radical (unpaired) electrons. The van der Waals surface area contributed by atoms with Crippen LogP contribution in [0.1, 0.15) is 27.1 Å². The van der Waals surface area contributed by atoms with E-state index in [-0.39, 0.29) is 5.78 Å². The molecule has 0 atom stereocenters. The summed E-state index contributed by atoms with van der Waals surface area (Å²) in [7, 11) is 1.31. The highest BCUT2D eigenvalue weighted by atomic mass is 16.5. The van der Waals surface area contributed by atoms with E-state index < -0.39 is 5.97 Å². The van der Waals surface area contributed by atoms with E-state index in [1.807, 2.05) is 12.2 Å². The zero-order valence-electron chi connectivity index (χ0n) is 10.9. The molecule has 4 heteroatoms. The molecule has 1 aromatic carbocycles. The van der Waals surface area contributed by atoms with Crippen LogP contribution in [0.5, 0.6) is 5.75 Å². The van der Waals surface area contributed by atoms with E-state index in [1.54, 1.807) is 24.5 Å². The van der Waals surface area contributed by atoms with Gasteiger partial charge in [-0.15, -0.1) is 0 Å². The van der Waals surface area contributed by atoms with Crippen molar-refractivity contribution < 1.29 is 19.1 Å². The van der Waals surface area contributed by atoms with Gasteiger partial charge in [0.15, 0.2) is 5.78 Å². The molecule has 20 heavy (non-hydrogen) atoms. The quantitative estimate of drug-likeness (QED) is 0.735. The van der Waals surface area contributed by atoms with Crippen molar-refractivity contribution in [2.75, 3.05) is 7.11 Å². The van der Waals surface area contributed by atoms with Gasteiger partial charge in [-0.2, -0.15) is 0 Å². The maximum Gasteiger partial charge on any atom is 0.337 e. The topological polar surface area (TPSA) is 52.6 Å². The van der Waals surface area contributed by atoms with Gasteiger partial charge >= 0.3 is 5.97 Å². The molecule has 0 amide bonds. The molecule has 0 bridgehead atoms. The summed E-state index contributed by atoms with van der Waals surface area (Å²) < 4.78 is 10.2. The number of methoxy groups -OCH3 is 1. The zero-order valence-corrected chi connectivity index (χ0v) is 10.9. The van der Waals surface area contributed by atoms with Gasteiger partial charge in [-0.05, 0) is 24.6 Å². The molecule has 0 spiro atoms. The maximum absolute atomic E-state index is 12.6. The summed E-state index contributed by atoms with van der Waals surface area (Å²) >= 11 is 0. The van der Waals surface area contributed by atoms with Crippen molar-refractivity contribution in [2.45, 2.75) is 6.42 Å². The smallest absolute Gasteiger partial charge is 0.337 e. The van der Waals surface area contributed by atoms with Crippen LogP contribution in [0.4, 0.5) is 0 Å². The van der Waals surface area contributed by atoms with Gasteiger partial charge in [0.2, 0.25) is 0 Å². The highest BCUT2D eigenvalue weighted by Gasteiger charge is 2.25. The number of ether oxygens (including phenoxy) is 2. The average Bonchev–Trinajstić information content (AvgIpc) is 2.64. The SMILES string of the molecule is COC(=O)c1ccc2c(c1)C(=O)C1=CC=CCC1=CO2. The third kappa shape index (κ3) is 1.95. The van der Waals surface area contributed by atoms with Crippen molar-refractivity contribution in [3.63, 3.8) is 0 Å². The normalized spacial score (nSPS) is 16.1. The summed E-state index contributed by atoms with van der Waals surface area (Å²) in [6.45, 7) is 0. The minimum atomic E-state index is -0.476. The molecule has 4 nitrogen and oxygen atoms in total. The Morgan fingerprint density at radius 1 is 1.35 bits per heavy atom. The van der Waals surface area contributed by atoms with Crippen LogP contribution in [-0.2, 0) is 4.74 Å². The Morgan fingerprint density at radius 2 is 2.20 bits per heavy atom. The minimum Gasteiger partial charge on any atom is -0.465 e. The number of ketones is 1. The van der Waals surface area contributed by atoms with Crippen LogP contribution in [0, 0.1) is 0 Å². The Morgan fingerprint density at radius 3 is 3.00 bits per heavy atom. The molecule has 0 fully saturated rings. The van der Waals surface area contributed by atoms with E-state index in [1.165, 1.54) is 13.2 Å². The monoisotopic (exact) mass is 268 g/mol. The standard InChI is InChI=1S/C16H12O4/c1-19-16(18)10-6-7-14-13(8-10)15(17)12-5-3-2-4-11(12)9-20-14/h2-3,5-9H,4H2,1H3. The summed E-state index contributed by atoms with van der Waals surface area (Å²) in [6, 6.07) is 4.71. The molecular weight excluding hydrogens is 256 g/mol. The number of hydrogen-bond donors (Lipinski definition) is 0. The summed E-state index contributed by atoms with van der Waals surface area (Å²) in [4.78, 5) is 24.1. The van der Waals surface area contributed by atoms with Gasteiger partial charge in [0.1, 0.15) is 5.75 Å². The van der Waals surface area contributed by atoms with Crippen molar-refractivity contribution >= 4 is 11.8 Å². The molecule has 1 aromatic rings. The lowest BCUT2D eigenvalue weighted by atomic mass is 9.92. The number of carbonyl (C=O) groups is 2. The lowest BCUT2D eigenvalue weighted by Gasteiger charge is -2.09. The maximum atomic E-state index is 12.6. The van der Waals surface area contributed by atoms with Gasteiger partial charge in [-0.3, -0.25) is 4.79 Å². The first-order chi connectivity index (χ1) is 9.70. The number of esters is 1. The van der Waals surface area contributed by atoms with Gasteiger partial charge in [-0.1, -0.05) is 18.2 Å². The van der Waals surface area contributed by atoms with Crippen LogP contribution in [0.2, 0.25) is 0 Å². The van der Waals surface area contributed by atoms with Crippen LogP contribution in [0.15, 0.2) is 53.8 Å². The molecule has 100 valence electrons. The van der Waals surface area contributed by atoms with E-state index in [4.69, 9.17) is 4.74 Å². The van der Waals surface area contributed by atoms with Crippen molar-refractivity contribution in [2.24, 2.45) is 0 Å². The molecule has 1 aliphatic carbocycles. The van der Waals surface area contributed by atoms with Gasteiger partial charge in [0.05, 0.1) is 24.5 Å². The lowest BCUT2D eigenvalue weighted by molar-refractivity contribution is 0.0600. The fourth-order valence-electron chi connectivity index (χ4n) is 2.24. The van der Waals surface area contributed by atoms with Crippen LogP contribution in [0.25, 0.3) is 0 Å². The summed E-state index contributed by atoms with van der Waals surface area (Å²) in [5.74, 6) is -0.167. The van der Waals surface area contributed by atoms with E-state index in [0.29, 0.717) is 28.9 Å². The van der Waals surface area contributed by atoms with Crippen molar-refractivity contribution in [3.05, 3.63) is 65.0 Å². The third-order valence-electron chi connectivity index (χ3n) is 3.30. The molecule has 0 saturated heterocycles. The first-order valence-electron chi connectivity index (χ1n) is 6.20. The zero-order chi connectivity index (χ0) is 14.1. The van der Waals surface area contributed by atoms with Crippen molar-refractivity contribution in [1.82, 2.24) is 0 Å². The Balaban J connectivity index is 2.10. The number of carbonyl (C=O) groups excluding carboxylic acids is 2. The Bertz CT molecular complexity index is 692.